The highest BCUT2D eigenvalue weighted by Gasteiger charge is 2.60. The third-order valence-electron chi connectivity index (χ3n) is 11.2. The average molecular weight is 1310 g/mol. The van der Waals surface area contributed by atoms with E-state index in [-0.39, 0.29) is 21.2 Å². The summed E-state index contributed by atoms with van der Waals surface area (Å²) in [7, 11) is 0. The quantitative estimate of drug-likeness (QED) is 0.0243. The predicted molar refractivity (Wildman–Crippen MR) is 222 cm³/mol. The smallest absolute Gasteiger partial charge is 0.416 e. The van der Waals surface area contributed by atoms with Gasteiger partial charge in [0, 0.05) is 5.75 Å². The van der Waals surface area contributed by atoms with Crippen molar-refractivity contribution in [1.29, 1.82) is 0 Å². The number of rotatable bonds is 11. The van der Waals surface area contributed by atoms with Crippen molar-refractivity contribution in [1.82, 2.24) is 0 Å². The lowest BCUT2D eigenvalue weighted by atomic mass is 9.11. The molecule has 7 rings (SSSR count). The molecule has 0 fully saturated rings. The summed E-state index contributed by atoms with van der Waals surface area (Å²) in [6.45, 7) is 0.729. The maximum Gasteiger partial charge on any atom is 0.416 e. The van der Waals surface area contributed by atoms with Crippen molar-refractivity contribution >= 4 is 39.8 Å². The van der Waals surface area contributed by atoms with Gasteiger partial charge in [-0.15, -0.1) is 33.6 Å². The van der Waals surface area contributed by atoms with E-state index >= 15 is 35.1 Å². The topological polar surface area (TPSA) is 9.23 Å². The Morgan fingerprint density at radius 3 is 0.925 bits per heavy atom. The molecule has 7 aromatic rings. The summed E-state index contributed by atoms with van der Waals surface area (Å²) < 4.78 is 426. The first-order chi connectivity index (χ1) is 37.0. The standard InChI is InChI=1S/C28BF28.C20H18IOS/c30-9-1(25(46,47)48)5(13(34)21(42)17(9)38)29(6-2(26(49,50)51)10(31)18(39)22(43)14(6)35,7-3(27(52,53)54)11(32)19(40)23(44)15(7)36)8-4(28(55,56)57)12(33)20(41)24(45)16(8)37;1-3-9-17(10-4-1)21-19-13-7-8-14-20(19)23-16-15-22-18-11-5-2-6-12-18/h;1-14H,15-16H2/q-1;+1. The van der Waals surface area contributed by atoms with Gasteiger partial charge in [0.15, 0.2) is 73.4 Å². The molecule has 0 saturated carbocycles. The van der Waals surface area contributed by atoms with Gasteiger partial charge in [-0.1, -0.05) is 48.5 Å². The molecule has 1 nitrogen and oxygen atoms in total. The molecule has 0 aliphatic carbocycles. The van der Waals surface area contributed by atoms with Crippen molar-refractivity contribution in [2.24, 2.45) is 0 Å². The van der Waals surface area contributed by atoms with Gasteiger partial charge in [-0.05, 0) is 36.4 Å². The van der Waals surface area contributed by atoms with Crippen LogP contribution in [0.15, 0.2) is 89.8 Å². The Bertz CT molecular complexity index is 3160. The second kappa shape index (κ2) is 23.2. The minimum atomic E-state index is -8.89. The summed E-state index contributed by atoms with van der Waals surface area (Å²) in [4.78, 5) is 1.39. The van der Waals surface area contributed by atoms with Gasteiger partial charge >= 0.3 is 45.9 Å². The van der Waals surface area contributed by atoms with Crippen LogP contribution in [0.4, 0.5) is 123 Å². The van der Waals surface area contributed by atoms with E-state index in [4.69, 9.17) is 4.74 Å². The van der Waals surface area contributed by atoms with Crippen molar-refractivity contribution in [2.75, 3.05) is 12.4 Å². The van der Waals surface area contributed by atoms with Crippen molar-refractivity contribution in [2.45, 2.75) is 29.6 Å². The molecule has 0 radical (unpaired) electrons. The van der Waals surface area contributed by atoms with Gasteiger partial charge in [0.2, 0.25) is 3.57 Å². The molecule has 0 bridgehead atoms. The molecule has 80 heavy (non-hydrogen) atoms. The molecular weight excluding hydrogens is 1290 g/mol. The third-order valence-corrected chi connectivity index (χ3v) is 15.5. The SMILES string of the molecule is Fc1c(F)c(F)c(C(F)(F)F)c([B-](c2c(F)c(F)c(F)c(F)c2C(F)(F)F)(c2c(F)c(F)c(F)c(F)c2C(F)(F)F)c2c(F)c(F)c(F)c(F)c2C(F)(F)F)c1F.c1ccc(OCCSc2ccccc2[I+]c2ccccc2)cc1. The molecule has 0 aromatic heterocycles. The molecule has 0 amide bonds. The van der Waals surface area contributed by atoms with E-state index < -0.39 is 168 Å². The van der Waals surface area contributed by atoms with Gasteiger partial charge in [-0.2, -0.15) is 52.7 Å². The number of hydrogen-bond acceptors (Lipinski definition) is 2. The van der Waals surface area contributed by atoms with Gasteiger partial charge in [0.1, 0.15) is 35.2 Å². The van der Waals surface area contributed by atoms with E-state index in [1.54, 1.807) is 0 Å². The fraction of sp³-hybridized carbons (Fsp3) is 0.125. The normalized spacial score (nSPS) is 12.4. The van der Waals surface area contributed by atoms with E-state index in [0.29, 0.717) is 0 Å². The van der Waals surface area contributed by atoms with E-state index in [1.165, 1.54) is 12.0 Å². The minimum absolute atomic E-state index is 0.121. The lowest BCUT2D eigenvalue weighted by molar-refractivity contribution is -0.601. The maximum atomic E-state index is 16.0. The molecule has 7 aromatic carbocycles. The highest BCUT2D eigenvalue weighted by Crippen LogP contribution is 2.44. The van der Waals surface area contributed by atoms with Crippen LogP contribution in [0, 0.1) is 100 Å². The predicted octanol–water partition coefficient (Wildman–Crippen LogP) is 11.4. The van der Waals surface area contributed by atoms with E-state index in [1.807, 2.05) is 42.1 Å². The summed E-state index contributed by atoms with van der Waals surface area (Å²) in [5, 5.41) is 0. The summed E-state index contributed by atoms with van der Waals surface area (Å²) in [5.74, 6) is -67.9. The van der Waals surface area contributed by atoms with Crippen LogP contribution in [0.5, 0.6) is 5.75 Å². The minimum Gasteiger partial charge on any atom is -0.493 e. The first-order valence-electron chi connectivity index (χ1n) is 21.0. The highest BCUT2D eigenvalue weighted by atomic mass is 127. The summed E-state index contributed by atoms with van der Waals surface area (Å²) in [5.41, 5.74) is -38.1. The molecule has 32 heteroatoms. The number of thioether (sulfide) groups is 1. The van der Waals surface area contributed by atoms with Gasteiger partial charge in [-0.25, -0.2) is 70.2 Å². The molecule has 0 N–H and O–H groups in total. The van der Waals surface area contributed by atoms with Crippen molar-refractivity contribution in [3.05, 3.63) is 207 Å². The third kappa shape index (κ3) is 11.5. The lowest BCUT2D eigenvalue weighted by Gasteiger charge is -2.49. The van der Waals surface area contributed by atoms with Crippen molar-refractivity contribution in [3.63, 3.8) is 0 Å². The Labute approximate surface area is 442 Å². The Balaban J connectivity index is 0.000000370. The molecule has 0 aliphatic heterocycles. The molecular formula is C48H18BF28IOS. The van der Waals surface area contributed by atoms with Gasteiger partial charge < -0.3 is 4.74 Å². The zero-order valence-corrected chi connectivity index (χ0v) is 40.8. The number of halogens is 29. The van der Waals surface area contributed by atoms with E-state index in [0.717, 1.165) is 18.1 Å². The fourth-order valence-electron chi connectivity index (χ4n) is 8.26. The average Bonchev–Trinajstić information content (AvgIpc) is 3.37. The molecule has 0 atom stereocenters. The van der Waals surface area contributed by atoms with Crippen molar-refractivity contribution in [3.8, 4) is 5.75 Å². The zero-order chi connectivity index (χ0) is 60.1. The van der Waals surface area contributed by atoms with E-state index in [9.17, 15) is 87.8 Å². The molecule has 0 spiro atoms. The summed E-state index contributed by atoms with van der Waals surface area (Å²) in [6.07, 6.45) is -39.5. The number of hydrogen-bond donors (Lipinski definition) is 0. The zero-order valence-electron chi connectivity index (χ0n) is 37.9. The summed E-state index contributed by atoms with van der Waals surface area (Å²) >= 11 is 1.77. The number of para-hydroxylation sites is 1. The van der Waals surface area contributed by atoms with Crippen LogP contribution in [-0.2, 0) is 24.7 Å². The lowest BCUT2D eigenvalue weighted by Crippen LogP contribution is -3.61. The first-order valence-corrected chi connectivity index (χ1v) is 24.1. The second-order valence-electron chi connectivity index (χ2n) is 15.9. The van der Waals surface area contributed by atoms with E-state index in [2.05, 4.69) is 54.6 Å². The molecule has 0 unspecified atom stereocenters. The highest BCUT2D eigenvalue weighted by molar-refractivity contribution is 7.99. The number of alkyl halides is 12. The molecule has 0 aliphatic rings. The molecule has 0 saturated heterocycles. The number of ether oxygens (including phenoxy) is 1. The molecule has 0 heterocycles. The number of benzene rings is 7. The van der Waals surface area contributed by atoms with Gasteiger partial charge in [0.05, 0.1) is 33.8 Å². The Morgan fingerprint density at radius 2 is 0.613 bits per heavy atom. The van der Waals surface area contributed by atoms with Crippen LogP contribution in [0.25, 0.3) is 0 Å². The second-order valence-corrected chi connectivity index (χ2v) is 19.9. The van der Waals surface area contributed by atoms with Crippen LogP contribution < -0.4 is 47.8 Å². The van der Waals surface area contributed by atoms with Crippen LogP contribution in [0.3, 0.4) is 0 Å². The van der Waals surface area contributed by atoms with Crippen LogP contribution in [-0.4, -0.2) is 18.5 Å². The van der Waals surface area contributed by atoms with Crippen LogP contribution >= 0.6 is 11.8 Å². The van der Waals surface area contributed by atoms with Crippen LogP contribution in [0.2, 0.25) is 0 Å². The Hall–Kier alpha value is -6.48. The largest absolute Gasteiger partial charge is 0.493 e. The van der Waals surface area contributed by atoms with Gasteiger partial charge in [-0.3, -0.25) is 0 Å². The maximum absolute atomic E-state index is 16.0. The first kappa shape index (κ1) is 62.7. The van der Waals surface area contributed by atoms with Gasteiger partial charge in [0.25, 0.3) is 0 Å². The fourth-order valence-corrected chi connectivity index (χ4v) is 12.0. The Kier molecular flexibility index (Phi) is 18.2. The van der Waals surface area contributed by atoms with Crippen LogP contribution in [0.1, 0.15) is 22.3 Å². The summed E-state index contributed by atoms with van der Waals surface area (Å²) in [6, 6.07) is 29.5. The van der Waals surface area contributed by atoms with Crippen molar-refractivity contribution < 1.29 is 149 Å². The molecule has 428 valence electrons. The monoisotopic (exact) mass is 1310 g/mol. The Morgan fingerprint density at radius 1 is 0.338 bits per heavy atom.